The van der Waals surface area contributed by atoms with Crippen molar-refractivity contribution in [3.63, 3.8) is 0 Å². The SMILES string of the molecule is Cc1c(C(=O)NC2CC3CCC(C2)N3c2ccc(C(=O)NCc3ccc(C4CCN(C)CC4)cc3)cn2)ccc2c1OCC2. The van der Waals surface area contributed by atoms with E-state index in [1.807, 2.05) is 31.2 Å². The highest BCUT2D eigenvalue weighted by atomic mass is 16.5. The van der Waals surface area contributed by atoms with Crippen LogP contribution >= 0.6 is 0 Å². The lowest BCUT2D eigenvalue weighted by molar-refractivity contribution is 0.0923. The van der Waals surface area contributed by atoms with E-state index in [0.717, 1.165) is 67.9 Å². The predicted octanol–water partition coefficient (Wildman–Crippen LogP) is 4.99. The first kappa shape index (κ1) is 28.8. The largest absolute Gasteiger partial charge is 0.493 e. The van der Waals surface area contributed by atoms with Crippen LogP contribution in [0.1, 0.15) is 87.4 Å². The molecule has 2 atom stereocenters. The predicted molar refractivity (Wildman–Crippen MR) is 171 cm³/mol. The van der Waals surface area contributed by atoms with Crippen molar-refractivity contribution in [1.29, 1.82) is 0 Å². The number of hydrogen-bond donors (Lipinski definition) is 2. The van der Waals surface area contributed by atoms with Crippen LogP contribution in [0.3, 0.4) is 0 Å². The monoisotopic (exact) mass is 593 g/mol. The molecule has 4 aliphatic rings. The molecule has 7 rings (SSSR count). The van der Waals surface area contributed by atoms with Crippen LogP contribution in [0, 0.1) is 6.92 Å². The first-order valence-electron chi connectivity index (χ1n) is 16.3. The molecule has 2 aromatic carbocycles. The lowest BCUT2D eigenvalue weighted by Crippen LogP contribution is -2.50. The molecule has 1 aromatic heterocycles. The Kier molecular flexibility index (Phi) is 8.02. The average molecular weight is 594 g/mol. The lowest BCUT2D eigenvalue weighted by Gasteiger charge is -2.40. The van der Waals surface area contributed by atoms with Crippen molar-refractivity contribution < 1.29 is 14.3 Å². The summed E-state index contributed by atoms with van der Waals surface area (Å²) in [6.07, 6.45) is 8.97. The summed E-state index contributed by atoms with van der Waals surface area (Å²) in [6, 6.07) is 17.3. The molecule has 3 saturated heterocycles. The summed E-state index contributed by atoms with van der Waals surface area (Å²) < 4.78 is 5.78. The first-order valence-corrected chi connectivity index (χ1v) is 16.3. The van der Waals surface area contributed by atoms with Gasteiger partial charge in [-0.1, -0.05) is 30.3 Å². The normalized spacial score (nSPS) is 23.2. The fourth-order valence-electron chi connectivity index (χ4n) is 7.79. The van der Waals surface area contributed by atoms with Crippen LogP contribution in [0.25, 0.3) is 0 Å². The van der Waals surface area contributed by atoms with Crippen LogP contribution in [0.5, 0.6) is 5.75 Å². The molecule has 2 amide bonds. The minimum Gasteiger partial charge on any atom is -0.493 e. The zero-order valence-electron chi connectivity index (χ0n) is 25.9. The van der Waals surface area contributed by atoms with E-state index in [-0.39, 0.29) is 17.9 Å². The molecule has 2 unspecified atom stereocenters. The Morgan fingerprint density at radius 2 is 1.68 bits per heavy atom. The van der Waals surface area contributed by atoms with Gasteiger partial charge in [-0.2, -0.15) is 0 Å². The molecule has 3 aromatic rings. The Morgan fingerprint density at radius 3 is 2.39 bits per heavy atom. The number of carbonyl (C=O) groups excluding carboxylic acids is 2. The highest BCUT2D eigenvalue weighted by Gasteiger charge is 2.42. The number of likely N-dealkylation sites (tertiary alicyclic amines) is 1. The van der Waals surface area contributed by atoms with Gasteiger partial charge in [-0.15, -0.1) is 0 Å². The van der Waals surface area contributed by atoms with E-state index in [0.29, 0.717) is 42.3 Å². The molecule has 8 heteroatoms. The van der Waals surface area contributed by atoms with Crippen molar-refractivity contribution >= 4 is 17.6 Å². The number of nitrogens with one attached hydrogen (secondary N) is 2. The number of aromatic nitrogens is 1. The summed E-state index contributed by atoms with van der Waals surface area (Å²) in [5.41, 5.74) is 5.91. The summed E-state index contributed by atoms with van der Waals surface area (Å²) in [5.74, 6) is 2.30. The fourth-order valence-corrected chi connectivity index (χ4v) is 7.79. The zero-order valence-corrected chi connectivity index (χ0v) is 25.9. The van der Waals surface area contributed by atoms with Crippen LogP contribution in [-0.2, 0) is 13.0 Å². The zero-order chi connectivity index (χ0) is 30.2. The highest BCUT2D eigenvalue weighted by molar-refractivity contribution is 5.97. The Balaban J connectivity index is 0.922. The van der Waals surface area contributed by atoms with Crippen molar-refractivity contribution in [2.75, 3.05) is 31.6 Å². The quantitative estimate of drug-likeness (QED) is 0.401. The van der Waals surface area contributed by atoms with Crippen LogP contribution in [0.15, 0.2) is 54.7 Å². The molecule has 0 spiro atoms. The van der Waals surface area contributed by atoms with E-state index in [9.17, 15) is 9.59 Å². The maximum absolute atomic E-state index is 13.2. The van der Waals surface area contributed by atoms with Gasteiger partial charge < -0.3 is 25.2 Å². The summed E-state index contributed by atoms with van der Waals surface area (Å²) in [5, 5.41) is 6.37. The molecule has 5 heterocycles. The molecular formula is C36H43N5O3. The second-order valence-corrected chi connectivity index (χ2v) is 13.2. The molecule has 230 valence electrons. The van der Waals surface area contributed by atoms with E-state index in [1.54, 1.807) is 6.20 Å². The Labute approximate surface area is 260 Å². The number of fused-ring (bicyclic) bond motifs is 3. The Hall–Kier alpha value is -3.91. The number of rotatable bonds is 7. The molecule has 2 bridgehead atoms. The molecule has 44 heavy (non-hydrogen) atoms. The number of piperidine rings is 2. The molecule has 0 saturated carbocycles. The van der Waals surface area contributed by atoms with Crippen molar-refractivity contribution in [2.24, 2.45) is 0 Å². The number of benzene rings is 2. The highest BCUT2D eigenvalue weighted by Crippen LogP contribution is 2.39. The van der Waals surface area contributed by atoms with Crippen LogP contribution < -0.4 is 20.3 Å². The van der Waals surface area contributed by atoms with Crippen molar-refractivity contribution in [3.8, 4) is 5.75 Å². The molecular weight excluding hydrogens is 550 g/mol. The maximum atomic E-state index is 13.2. The number of hydrogen-bond acceptors (Lipinski definition) is 6. The fraction of sp³-hybridized carbons (Fsp3) is 0.472. The number of amides is 2. The lowest BCUT2D eigenvalue weighted by atomic mass is 9.89. The van der Waals surface area contributed by atoms with Crippen molar-refractivity contribution in [1.82, 2.24) is 20.5 Å². The third-order valence-electron chi connectivity index (χ3n) is 10.3. The smallest absolute Gasteiger partial charge is 0.253 e. The van der Waals surface area contributed by atoms with Gasteiger partial charge in [0.15, 0.2) is 0 Å². The average Bonchev–Trinajstić information content (AvgIpc) is 3.63. The van der Waals surface area contributed by atoms with E-state index in [2.05, 4.69) is 51.7 Å². The van der Waals surface area contributed by atoms with Crippen LogP contribution in [0.2, 0.25) is 0 Å². The van der Waals surface area contributed by atoms with Gasteiger partial charge in [-0.3, -0.25) is 9.59 Å². The van der Waals surface area contributed by atoms with E-state index in [1.165, 1.54) is 24.0 Å². The van der Waals surface area contributed by atoms with Gasteiger partial charge in [0.1, 0.15) is 11.6 Å². The molecule has 3 fully saturated rings. The molecule has 0 aliphatic carbocycles. The molecule has 8 nitrogen and oxygen atoms in total. The van der Waals surface area contributed by atoms with Gasteiger partial charge in [0, 0.05) is 48.4 Å². The third-order valence-corrected chi connectivity index (χ3v) is 10.3. The first-order chi connectivity index (χ1) is 21.4. The number of pyridine rings is 1. The number of anilines is 1. The molecule has 0 radical (unpaired) electrons. The Bertz CT molecular complexity index is 1500. The number of nitrogens with zero attached hydrogens (tertiary/aromatic N) is 3. The van der Waals surface area contributed by atoms with Gasteiger partial charge in [-0.05, 0) is 106 Å². The summed E-state index contributed by atoms with van der Waals surface area (Å²) >= 11 is 0. The van der Waals surface area contributed by atoms with E-state index >= 15 is 0 Å². The minimum atomic E-state index is -0.111. The van der Waals surface area contributed by atoms with Gasteiger partial charge in [-0.25, -0.2) is 4.98 Å². The van der Waals surface area contributed by atoms with E-state index in [4.69, 9.17) is 9.72 Å². The number of ether oxygens (including phenoxy) is 1. The van der Waals surface area contributed by atoms with Crippen LogP contribution in [-0.4, -0.2) is 66.6 Å². The van der Waals surface area contributed by atoms with Gasteiger partial charge in [0.25, 0.3) is 11.8 Å². The van der Waals surface area contributed by atoms with Gasteiger partial charge in [0.05, 0.1) is 12.2 Å². The summed E-state index contributed by atoms with van der Waals surface area (Å²) in [6.45, 7) is 5.47. The second-order valence-electron chi connectivity index (χ2n) is 13.2. The van der Waals surface area contributed by atoms with Gasteiger partial charge >= 0.3 is 0 Å². The van der Waals surface area contributed by atoms with Crippen molar-refractivity contribution in [2.45, 2.75) is 82.5 Å². The third kappa shape index (κ3) is 5.80. The maximum Gasteiger partial charge on any atom is 0.253 e. The molecule has 2 N–H and O–H groups in total. The summed E-state index contributed by atoms with van der Waals surface area (Å²) in [7, 11) is 2.19. The Morgan fingerprint density at radius 1 is 0.932 bits per heavy atom. The van der Waals surface area contributed by atoms with Gasteiger partial charge in [0.2, 0.25) is 0 Å². The second kappa shape index (κ2) is 12.2. The summed E-state index contributed by atoms with van der Waals surface area (Å²) in [4.78, 5) is 35.7. The number of carbonyl (C=O) groups is 2. The molecule has 4 aliphatic heterocycles. The standard InChI is InChI=1S/C36H43N5O3/c1-23-32(11-7-27-15-18-44-34(23)27)36(43)39-29-19-30-9-10-31(20-29)41(30)33-12-8-28(22-37-33)35(42)38-21-24-3-5-25(6-4-24)26-13-16-40(2)17-14-26/h3-8,11-12,22,26,29-31H,9-10,13-21H2,1-2H3,(H,38,42)(H,39,43). The van der Waals surface area contributed by atoms with E-state index < -0.39 is 0 Å². The van der Waals surface area contributed by atoms with Crippen molar-refractivity contribution in [3.05, 3.63) is 88.1 Å². The minimum absolute atomic E-state index is 0.0136. The van der Waals surface area contributed by atoms with Crippen LogP contribution in [0.4, 0.5) is 5.82 Å². The topological polar surface area (TPSA) is 86.8 Å².